The number of allylic oxidation sites excluding steroid dienone is 9. The van der Waals surface area contributed by atoms with Crippen molar-refractivity contribution in [2.75, 3.05) is 40.9 Å². The molecule has 0 bridgehead atoms. The maximum Gasteiger partial charge on any atom is 0.268 e. The summed E-state index contributed by atoms with van der Waals surface area (Å²) in [6, 6.07) is -0.932. The number of rotatable bonds is 36. The Hall–Kier alpha value is -2.10. The third-order valence-corrected chi connectivity index (χ3v) is 10.3. The van der Waals surface area contributed by atoms with E-state index in [1.165, 1.54) is 57.8 Å². The monoisotopic (exact) mass is 791 g/mol. The SMILES string of the molecule is CC/C=C\CC1OC1C/C=C\C/C=C\C/C=C\C/C=C\CCC(=O)N[C@@H](COP(=O)([O-])OCC[N+](C)(C)C)[C@H](O)/C=C/CCCCCCCCCCCCC. The Morgan fingerprint density at radius 2 is 1.27 bits per heavy atom. The number of amides is 1. The molecule has 9 nitrogen and oxygen atoms in total. The number of carbonyl (C=O) groups excluding carboxylic acids is 1. The number of quaternary nitrogens is 1. The van der Waals surface area contributed by atoms with Gasteiger partial charge < -0.3 is 33.6 Å². The van der Waals surface area contributed by atoms with Crippen LogP contribution in [0.3, 0.4) is 0 Å². The molecule has 0 aromatic rings. The molecule has 316 valence electrons. The van der Waals surface area contributed by atoms with Crippen molar-refractivity contribution < 1.29 is 37.6 Å². The van der Waals surface area contributed by atoms with E-state index in [4.69, 9.17) is 13.8 Å². The lowest BCUT2D eigenvalue weighted by atomic mass is 10.0. The first-order valence-corrected chi connectivity index (χ1v) is 22.9. The van der Waals surface area contributed by atoms with Crippen molar-refractivity contribution >= 4 is 13.7 Å². The Labute approximate surface area is 336 Å². The molecule has 1 aliphatic heterocycles. The molecule has 0 radical (unpaired) electrons. The first-order valence-electron chi connectivity index (χ1n) is 21.4. The highest BCUT2D eigenvalue weighted by atomic mass is 31.2. The normalized spacial score (nSPS) is 18.8. The van der Waals surface area contributed by atoms with Crippen LogP contribution in [-0.2, 0) is 23.1 Å². The Balaban J connectivity index is 2.39. The highest BCUT2D eigenvalue weighted by Crippen LogP contribution is 2.38. The number of aliphatic hydroxyl groups excluding tert-OH is 1. The number of phosphoric ester groups is 1. The zero-order chi connectivity index (χ0) is 40.5. The zero-order valence-electron chi connectivity index (χ0n) is 35.3. The predicted molar refractivity (Wildman–Crippen MR) is 228 cm³/mol. The molecular weight excluding hydrogens is 711 g/mol. The van der Waals surface area contributed by atoms with Gasteiger partial charge in [0.1, 0.15) is 13.2 Å². The quantitative estimate of drug-likeness (QED) is 0.0213. The minimum Gasteiger partial charge on any atom is -0.756 e. The van der Waals surface area contributed by atoms with E-state index in [9.17, 15) is 19.4 Å². The molecule has 1 amide bonds. The van der Waals surface area contributed by atoms with Crippen LogP contribution in [0.2, 0.25) is 0 Å². The fourth-order valence-corrected chi connectivity index (χ4v) is 6.53. The van der Waals surface area contributed by atoms with Crippen molar-refractivity contribution in [3.63, 3.8) is 0 Å². The second-order valence-electron chi connectivity index (χ2n) is 15.7. The van der Waals surface area contributed by atoms with E-state index in [-0.39, 0.29) is 18.9 Å². The Kier molecular flexibility index (Phi) is 30.5. The summed E-state index contributed by atoms with van der Waals surface area (Å²) in [5.41, 5.74) is 0. The van der Waals surface area contributed by atoms with Crippen LogP contribution in [0.25, 0.3) is 0 Å². The second kappa shape index (κ2) is 32.9. The van der Waals surface area contributed by atoms with Crippen LogP contribution in [0.15, 0.2) is 72.9 Å². The van der Waals surface area contributed by atoms with Crippen molar-refractivity contribution in [1.29, 1.82) is 0 Å². The number of hydrogen-bond acceptors (Lipinski definition) is 7. The summed E-state index contributed by atoms with van der Waals surface area (Å²) in [6.45, 7) is 4.43. The number of nitrogens with zero attached hydrogens (tertiary/aromatic N) is 1. The van der Waals surface area contributed by atoms with Gasteiger partial charge in [0, 0.05) is 6.42 Å². The lowest BCUT2D eigenvalue weighted by Crippen LogP contribution is -2.45. The molecule has 2 N–H and O–H groups in total. The maximum atomic E-state index is 12.8. The molecule has 1 rings (SSSR count). The predicted octanol–water partition coefficient (Wildman–Crippen LogP) is 9.99. The van der Waals surface area contributed by atoms with E-state index in [2.05, 4.69) is 67.8 Å². The first-order chi connectivity index (χ1) is 26.5. The van der Waals surface area contributed by atoms with Crippen LogP contribution >= 0.6 is 7.82 Å². The molecule has 1 saturated heterocycles. The summed E-state index contributed by atoms with van der Waals surface area (Å²) >= 11 is 0. The standard InChI is InChI=1S/C45H79N2O7P/c1-6-8-10-11-12-13-14-15-18-21-24-27-31-34-42(48)41(40-53-55(50,51)52-39-38-47(3,4)5)46-45(49)37-33-29-26-23-20-17-16-19-22-25-28-32-36-44-43(54-44)35-30-9-7-2/h9,17,19-20,22,26,28-32,34,41-44,48H,6-8,10-16,18,21,23-25,27,33,35-40H2,1-5H3,(H-,46,49,50,51)/b20-17-,22-19-,29-26-,30-9-,32-28-,34-31+/t41-,42+,43?,44?/m0/s1. The third-order valence-electron chi connectivity index (χ3n) is 9.34. The fraction of sp³-hybridized carbons (Fsp3) is 0.711. The number of carbonyl (C=O) groups is 1. The van der Waals surface area contributed by atoms with Gasteiger partial charge >= 0.3 is 0 Å². The molecule has 0 spiro atoms. The second-order valence-corrected chi connectivity index (χ2v) is 17.1. The van der Waals surface area contributed by atoms with Gasteiger partial charge in [-0.2, -0.15) is 0 Å². The van der Waals surface area contributed by atoms with Gasteiger partial charge in [-0.1, -0.05) is 151 Å². The zero-order valence-corrected chi connectivity index (χ0v) is 36.2. The van der Waals surface area contributed by atoms with Crippen molar-refractivity contribution in [2.45, 2.75) is 167 Å². The van der Waals surface area contributed by atoms with Crippen LogP contribution in [0.4, 0.5) is 0 Å². The number of epoxide rings is 1. The van der Waals surface area contributed by atoms with E-state index in [1.807, 2.05) is 39.4 Å². The van der Waals surface area contributed by atoms with Crippen molar-refractivity contribution in [2.24, 2.45) is 0 Å². The number of ether oxygens (including phenoxy) is 1. The number of likely N-dealkylation sites (N-methyl/N-ethyl adjacent to an activating group) is 1. The van der Waals surface area contributed by atoms with Gasteiger partial charge in [-0.3, -0.25) is 9.36 Å². The first kappa shape index (κ1) is 50.9. The van der Waals surface area contributed by atoms with Crippen LogP contribution in [0.5, 0.6) is 0 Å². The van der Waals surface area contributed by atoms with E-state index in [1.54, 1.807) is 6.08 Å². The number of phosphoric acid groups is 1. The Morgan fingerprint density at radius 3 is 1.84 bits per heavy atom. The van der Waals surface area contributed by atoms with E-state index >= 15 is 0 Å². The fourth-order valence-electron chi connectivity index (χ4n) is 5.80. The molecular formula is C45H79N2O7P. The number of unbranched alkanes of at least 4 members (excludes halogenated alkanes) is 11. The summed E-state index contributed by atoms with van der Waals surface area (Å²) in [5.74, 6) is -0.286. The number of aliphatic hydroxyl groups is 1. The lowest BCUT2D eigenvalue weighted by molar-refractivity contribution is -0.870. The largest absolute Gasteiger partial charge is 0.756 e. The molecule has 0 aromatic heterocycles. The summed E-state index contributed by atoms with van der Waals surface area (Å²) in [6.07, 6.45) is 45.7. The van der Waals surface area contributed by atoms with Gasteiger partial charge in [0.2, 0.25) is 5.91 Å². The lowest BCUT2D eigenvalue weighted by Gasteiger charge is -2.29. The molecule has 1 heterocycles. The highest BCUT2D eigenvalue weighted by Gasteiger charge is 2.36. The third kappa shape index (κ3) is 32.7. The van der Waals surface area contributed by atoms with Gasteiger partial charge in [0.15, 0.2) is 0 Å². The summed E-state index contributed by atoms with van der Waals surface area (Å²) in [7, 11) is 1.19. The minimum atomic E-state index is -4.61. The molecule has 0 aliphatic carbocycles. The smallest absolute Gasteiger partial charge is 0.268 e. The van der Waals surface area contributed by atoms with Crippen molar-refractivity contribution in [3.05, 3.63) is 72.9 Å². The molecule has 5 atom stereocenters. The molecule has 55 heavy (non-hydrogen) atoms. The molecule has 0 saturated carbocycles. The van der Waals surface area contributed by atoms with E-state index < -0.39 is 26.6 Å². The molecule has 1 aliphatic rings. The average Bonchev–Trinajstić information content (AvgIpc) is 3.89. The van der Waals surface area contributed by atoms with Gasteiger partial charge in [-0.15, -0.1) is 0 Å². The molecule has 0 aromatic carbocycles. The Morgan fingerprint density at radius 1 is 0.745 bits per heavy atom. The topological polar surface area (TPSA) is 120 Å². The van der Waals surface area contributed by atoms with Crippen LogP contribution < -0.4 is 10.2 Å². The average molecular weight is 791 g/mol. The van der Waals surface area contributed by atoms with Crippen LogP contribution in [0, 0.1) is 0 Å². The van der Waals surface area contributed by atoms with E-state index in [0.29, 0.717) is 29.7 Å². The van der Waals surface area contributed by atoms with Crippen LogP contribution in [-0.4, -0.2) is 80.8 Å². The molecule has 10 heteroatoms. The van der Waals surface area contributed by atoms with E-state index in [0.717, 1.165) is 57.8 Å². The Bertz CT molecular complexity index is 1190. The minimum absolute atomic E-state index is 0.0202. The number of hydrogen-bond donors (Lipinski definition) is 2. The highest BCUT2D eigenvalue weighted by molar-refractivity contribution is 7.45. The summed E-state index contributed by atoms with van der Waals surface area (Å²) in [4.78, 5) is 25.2. The van der Waals surface area contributed by atoms with Gasteiger partial charge in [-0.25, -0.2) is 0 Å². The maximum absolute atomic E-state index is 12.8. The van der Waals surface area contributed by atoms with Crippen molar-refractivity contribution in [1.82, 2.24) is 5.32 Å². The molecule has 3 unspecified atom stereocenters. The van der Waals surface area contributed by atoms with Gasteiger partial charge in [-0.05, 0) is 57.8 Å². The van der Waals surface area contributed by atoms with Gasteiger partial charge in [0.25, 0.3) is 7.82 Å². The van der Waals surface area contributed by atoms with Gasteiger partial charge in [0.05, 0.1) is 52.1 Å². The summed E-state index contributed by atoms with van der Waals surface area (Å²) in [5, 5.41) is 13.7. The van der Waals surface area contributed by atoms with Crippen molar-refractivity contribution in [3.8, 4) is 0 Å². The molecule has 1 fully saturated rings. The number of nitrogens with one attached hydrogen (secondary N) is 1. The summed E-state index contributed by atoms with van der Waals surface area (Å²) < 4.78 is 28.8. The van der Waals surface area contributed by atoms with Crippen LogP contribution in [0.1, 0.15) is 142 Å².